The highest BCUT2D eigenvalue weighted by atomic mass is 35.5. The van der Waals surface area contributed by atoms with E-state index in [1.165, 1.54) is 6.92 Å². The van der Waals surface area contributed by atoms with Crippen molar-refractivity contribution < 1.29 is 33.0 Å². The summed E-state index contributed by atoms with van der Waals surface area (Å²) in [5.41, 5.74) is 3.65. The lowest BCUT2D eigenvalue weighted by Crippen LogP contribution is -2.51. The van der Waals surface area contributed by atoms with Crippen LogP contribution in [0.5, 0.6) is 0 Å². The molecule has 0 saturated carbocycles. The fraction of sp³-hybridized carbons (Fsp3) is 0.238. The van der Waals surface area contributed by atoms with Gasteiger partial charge in [-0.3, -0.25) is 19.9 Å². The molecule has 180 valence electrons. The summed E-state index contributed by atoms with van der Waals surface area (Å²) in [4.78, 5) is 39.7. The average Bonchev–Trinajstić information content (AvgIpc) is 3.13. The van der Waals surface area contributed by atoms with Crippen LogP contribution in [0.15, 0.2) is 36.4 Å². The van der Waals surface area contributed by atoms with E-state index in [1.54, 1.807) is 24.3 Å². The molecule has 0 fully saturated rings. The van der Waals surface area contributed by atoms with Crippen molar-refractivity contribution in [3.8, 4) is 0 Å². The van der Waals surface area contributed by atoms with Gasteiger partial charge in [-0.25, -0.2) is 24.0 Å². The van der Waals surface area contributed by atoms with Gasteiger partial charge in [-0.1, -0.05) is 41.1 Å². The summed E-state index contributed by atoms with van der Waals surface area (Å²) in [7, 11) is 0. The molecule has 9 nitrogen and oxygen atoms in total. The van der Waals surface area contributed by atoms with Crippen molar-refractivity contribution in [2.45, 2.75) is 25.9 Å². The molecule has 0 aliphatic carbocycles. The van der Waals surface area contributed by atoms with Crippen molar-refractivity contribution in [1.29, 1.82) is 0 Å². The fourth-order valence-electron chi connectivity index (χ4n) is 3.01. The normalized spacial score (nSPS) is 11.8. The number of amides is 2. The second-order valence-corrected chi connectivity index (χ2v) is 8.48. The van der Waals surface area contributed by atoms with Gasteiger partial charge in [0.25, 0.3) is 0 Å². The Hall–Kier alpha value is -3.35. The first-order valence-electron chi connectivity index (χ1n) is 9.82. The maximum Gasteiger partial charge on any atom is 0.413 e. The maximum absolute atomic E-state index is 13.4. The smallest absolute Gasteiger partial charge is 0.413 e. The van der Waals surface area contributed by atoms with Crippen molar-refractivity contribution in [2.24, 2.45) is 0 Å². The van der Waals surface area contributed by atoms with E-state index in [2.05, 4.69) is 15.7 Å². The molecule has 3 aromatic rings. The van der Waals surface area contributed by atoms with E-state index >= 15 is 0 Å². The number of hydrazine groups is 1. The summed E-state index contributed by atoms with van der Waals surface area (Å²) < 4.78 is 32.1. The summed E-state index contributed by atoms with van der Waals surface area (Å²) >= 11 is 7.01. The standard InChI is InChI=1S/C21H19ClF2N4O5S/c1-11(29)28(25-9-12-4-2-3-5-14(12)22)13(6-19(30)31)10-33-21(32)27-20-26-17-7-15(23)16(24)8-18(17)34-20/h2-5,7-8,13,25H,6,9-10H2,1H3,(H,30,31)(H,26,27,32)/t13-/m0/s1. The van der Waals surface area contributed by atoms with Gasteiger partial charge in [0.05, 0.1) is 22.7 Å². The van der Waals surface area contributed by atoms with Gasteiger partial charge in [0, 0.05) is 24.6 Å². The fourth-order valence-corrected chi connectivity index (χ4v) is 4.07. The average molecular weight is 513 g/mol. The number of aliphatic carboxylic acids is 1. The van der Waals surface area contributed by atoms with Crippen LogP contribution in [0.1, 0.15) is 18.9 Å². The Labute approximate surface area is 201 Å². The van der Waals surface area contributed by atoms with Gasteiger partial charge in [-0.15, -0.1) is 0 Å². The molecular weight excluding hydrogens is 494 g/mol. The Kier molecular flexibility index (Phi) is 8.31. The van der Waals surface area contributed by atoms with Crippen LogP contribution in [0.4, 0.5) is 18.7 Å². The van der Waals surface area contributed by atoms with E-state index in [-0.39, 0.29) is 17.2 Å². The van der Waals surface area contributed by atoms with Gasteiger partial charge < -0.3 is 9.84 Å². The summed E-state index contributed by atoms with van der Waals surface area (Å²) in [6.45, 7) is 0.898. The van der Waals surface area contributed by atoms with Crippen molar-refractivity contribution >= 4 is 56.3 Å². The number of carbonyl (C=O) groups is 3. The maximum atomic E-state index is 13.4. The van der Waals surface area contributed by atoms with Crippen LogP contribution in [-0.4, -0.2) is 45.7 Å². The number of nitrogens with one attached hydrogen (secondary N) is 2. The lowest BCUT2D eigenvalue weighted by Gasteiger charge is -2.30. The molecule has 1 atom stereocenters. The Morgan fingerprint density at radius 2 is 1.94 bits per heavy atom. The van der Waals surface area contributed by atoms with Gasteiger partial charge in [0.2, 0.25) is 5.91 Å². The number of anilines is 1. The molecule has 0 aliphatic heterocycles. The number of carboxylic acid groups (broad SMARTS) is 1. The molecule has 2 amide bonds. The zero-order chi connectivity index (χ0) is 24.8. The molecule has 0 aliphatic rings. The molecule has 1 heterocycles. The number of fused-ring (bicyclic) bond motifs is 1. The number of halogens is 3. The minimum Gasteiger partial charge on any atom is -0.481 e. The van der Waals surface area contributed by atoms with Gasteiger partial charge in [0.1, 0.15) is 6.61 Å². The van der Waals surface area contributed by atoms with E-state index in [0.717, 1.165) is 28.5 Å². The number of hydrogen-bond donors (Lipinski definition) is 3. The van der Waals surface area contributed by atoms with E-state index in [4.69, 9.17) is 16.3 Å². The molecule has 2 aromatic carbocycles. The van der Waals surface area contributed by atoms with Crippen LogP contribution in [-0.2, 0) is 20.9 Å². The second kappa shape index (κ2) is 11.2. The molecule has 34 heavy (non-hydrogen) atoms. The first-order chi connectivity index (χ1) is 16.1. The molecule has 0 bridgehead atoms. The molecule has 0 unspecified atom stereocenters. The molecule has 3 N–H and O–H groups in total. The summed E-state index contributed by atoms with van der Waals surface area (Å²) in [6.07, 6.45) is -1.49. The first-order valence-corrected chi connectivity index (χ1v) is 11.0. The van der Waals surface area contributed by atoms with Gasteiger partial charge >= 0.3 is 12.1 Å². The summed E-state index contributed by atoms with van der Waals surface area (Å²) in [6, 6.07) is 7.72. The molecular formula is C21H19ClF2N4O5S. The Morgan fingerprint density at radius 3 is 2.62 bits per heavy atom. The predicted octanol–water partition coefficient (Wildman–Crippen LogP) is 4.17. The Balaban J connectivity index is 1.65. The molecule has 0 saturated heterocycles. The second-order valence-electron chi connectivity index (χ2n) is 7.04. The molecule has 1 aromatic heterocycles. The number of carboxylic acids is 1. The highest BCUT2D eigenvalue weighted by molar-refractivity contribution is 7.22. The Bertz CT molecular complexity index is 1190. The van der Waals surface area contributed by atoms with Crippen molar-refractivity contribution in [3.05, 3.63) is 58.6 Å². The lowest BCUT2D eigenvalue weighted by molar-refractivity contribution is -0.143. The predicted molar refractivity (Wildman–Crippen MR) is 121 cm³/mol. The van der Waals surface area contributed by atoms with Crippen LogP contribution in [0.25, 0.3) is 10.2 Å². The minimum atomic E-state index is -1.21. The Morgan fingerprint density at radius 1 is 1.24 bits per heavy atom. The summed E-state index contributed by atoms with van der Waals surface area (Å²) in [5, 5.41) is 13.1. The SMILES string of the molecule is CC(=O)N(NCc1ccccc1Cl)[C@H](COC(=O)Nc1nc2cc(F)c(F)cc2s1)CC(=O)O. The molecule has 3 rings (SSSR count). The summed E-state index contributed by atoms with van der Waals surface area (Å²) in [5.74, 6) is -3.83. The number of benzene rings is 2. The molecule has 13 heteroatoms. The zero-order valence-electron chi connectivity index (χ0n) is 17.7. The van der Waals surface area contributed by atoms with Gasteiger partial charge in [0.15, 0.2) is 16.8 Å². The van der Waals surface area contributed by atoms with Crippen molar-refractivity contribution in [3.63, 3.8) is 0 Å². The third-order valence-corrected chi connectivity index (χ3v) is 5.86. The largest absolute Gasteiger partial charge is 0.481 e. The minimum absolute atomic E-state index is 0.0278. The van der Waals surface area contributed by atoms with Crippen molar-refractivity contribution in [2.75, 3.05) is 11.9 Å². The monoisotopic (exact) mass is 512 g/mol. The zero-order valence-corrected chi connectivity index (χ0v) is 19.3. The van der Waals surface area contributed by atoms with Crippen LogP contribution < -0.4 is 10.7 Å². The van der Waals surface area contributed by atoms with Gasteiger partial charge in [-0.2, -0.15) is 0 Å². The van der Waals surface area contributed by atoms with E-state index in [9.17, 15) is 28.3 Å². The van der Waals surface area contributed by atoms with E-state index < -0.39 is 48.7 Å². The topological polar surface area (TPSA) is 121 Å². The molecule has 0 spiro atoms. The number of carbonyl (C=O) groups excluding carboxylic acids is 2. The number of thiazole rings is 1. The number of ether oxygens (including phenoxy) is 1. The quantitative estimate of drug-likeness (QED) is 0.368. The van der Waals surface area contributed by atoms with Crippen LogP contribution in [0, 0.1) is 11.6 Å². The highest BCUT2D eigenvalue weighted by Gasteiger charge is 2.26. The third-order valence-electron chi connectivity index (χ3n) is 4.56. The first kappa shape index (κ1) is 25.3. The van der Waals surface area contributed by atoms with Crippen LogP contribution in [0.3, 0.4) is 0 Å². The highest BCUT2D eigenvalue weighted by Crippen LogP contribution is 2.28. The van der Waals surface area contributed by atoms with E-state index in [1.807, 2.05) is 0 Å². The van der Waals surface area contributed by atoms with Gasteiger partial charge in [-0.05, 0) is 17.7 Å². The number of aromatic nitrogens is 1. The van der Waals surface area contributed by atoms with Crippen molar-refractivity contribution in [1.82, 2.24) is 15.4 Å². The number of hydrogen-bond acceptors (Lipinski definition) is 7. The number of rotatable bonds is 9. The van der Waals surface area contributed by atoms with Crippen LogP contribution >= 0.6 is 22.9 Å². The molecule has 0 radical (unpaired) electrons. The number of nitrogens with zero attached hydrogens (tertiary/aromatic N) is 2. The third kappa shape index (κ3) is 6.59. The lowest BCUT2D eigenvalue weighted by atomic mass is 10.2. The van der Waals surface area contributed by atoms with Crippen LogP contribution in [0.2, 0.25) is 5.02 Å². The van der Waals surface area contributed by atoms with E-state index in [0.29, 0.717) is 15.3 Å².